The molecule has 92 valence electrons. The molecule has 0 spiro atoms. The number of hydrogen-bond donors (Lipinski definition) is 1. The molecule has 1 unspecified atom stereocenters. The van der Waals surface area contributed by atoms with Gasteiger partial charge in [-0.15, -0.1) is 0 Å². The fourth-order valence-electron chi connectivity index (χ4n) is 1.11. The Morgan fingerprint density at radius 1 is 1.56 bits per heavy atom. The highest BCUT2D eigenvalue weighted by molar-refractivity contribution is 9.12. The maximum atomic E-state index is 13.3. The van der Waals surface area contributed by atoms with E-state index in [0.717, 1.165) is 6.07 Å². The summed E-state index contributed by atoms with van der Waals surface area (Å²) in [6.45, 7) is -0.0268. The molecule has 1 rings (SSSR count). The summed E-state index contributed by atoms with van der Waals surface area (Å²) in [7, 11) is 0. The topological polar surface area (TPSA) is 62.1 Å². The minimum atomic E-state index is -1.18. The Morgan fingerprint density at radius 2 is 2.28 bits per heavy atom. The number of hydrogen-bond acceptors (Lipinski definition) is 3. The fraction of sp³-hybridized carbons (Fsp3) is 0.167. The SMILES string of the molecule is N#CC(NC(=O)c1ccccc1F)OCC#CBr. The smallest absolute Gasteiger partial charge is 0.257 e. The molecule has 4 nitrogen and oxygen atoms in total. The van der Waals surface area contributed by atoms with Crippen LogP contribution in [0.4, 0.5) is 4.39 Å². The molecule has 6 heteroatoms. The second kappa shape index (κ2) is 7.44. The standard InChI is InChI=1S/C12H8BrFN2O2/c13-6-3-7-18-11(8-15)16-12(17)9-4-1-2-5-10(9)14/h1-2,4-5,11H,7H2,(H,16,17). The van der Waals surface area contributed by atoms with Crippen LogP contribution in [0, 0.1) is 27.9 Å². The molecule has 0 bridgehead atoms. The Labute approximate surface area is 112 Å². The van der Waals surface area contributed by atoms with E-state index in [1.165, 1.54) is 18.2 Å². The van der Waals surface area contributed by atoms with Crippen molar-refractivity contribution in [3.8, 4) is 16.8 Å². The van der Waals surface area contributed by atoms with E-state index < -0.39 is 18.0 Å². The Morgan fingerprint density at radius 3 is 2.89 bits per heavy atom. The van der Waals surface area contributed by atoms with Crippen LogP contribution in [0.2, 0.25) is 0 Å². The molecule has 1 amide bonds. The zero-order valence-corrected chi connectivity index (χ0v) is 10.7. The molecule has 1 aromatic rings. The molecule has 18 heavy (non-hydrogen) atoms. The van der Waals surface area contributed by atoms with Gasteiger partial charge in [0.1, 0.15) is 18.5 Å². The van der Waals surface area contributed by atoms with Crippen molar-refractivity contribution in [2.45, 2.75) is 6.23 Å². The van der Waals surface area contributed by atoms with E-state index in [4.69, 9.17) is 10.00 Å². The molecule has 1 aromatic carbocycles. The number of halogens is 2. The number of ether oxygens (including phenoxy) is 1. The summed E-state index contributed by atoms with van der Waals surface area (Å²) < 4.78 is 18.2. The molecule has 0 radical (unpaired) electrons. The number of amides is 1. The van der Waals surface area contributed by atoms with Gasteiger partial charge in [-0.3, -0.25) is 4.79 Å². The molecular weight excluding hydrogens is 303 g/mol. The highest BCUT2D eigenvalue weighted by atomic mass is 79.9. The summed E-state index contributed by atoms with van der Waals surface area (Å²) in [5, 5.41) is 11.0. The van der Waals surface area contributed by atoms with E-state index in [0.29, 0.717) is 0 Å². The Hall–Kier alpha value is -1.89. The maximum Gasteiger partial charge on any atom is 0.257 e. The zero-order valence-electron chi connectivity index (χ0n) is 9.11. The average Bonchev–Trinajstić information content (AvgIpc) is 2.38. The van der Waals surface area contributed by atoms with Crippen molar-refractivity contribution in [3.63, 3.8) is 0 Å². The number of carbonyl (C=O) groups is 1. The molecule has 1 N–H and O–H groups in total. The van der Waals surface area contributed by atoms with Crippen molar-refractivity contribution in [2.75, 3.05) is 6.61 Å². The van der Waals surface area contributed by atoms with Crippen LogP contribution in [0.3, 0.4) is 0 Å². The summed E-state index contributed by atoms with van der Waals surface area (Å²) in [4.78, 5) is 14.0. The second-order valence-corrected chi connectivity index (χ2v) is 3.44. The monoisotopic (exact) mass is 310 g/mol. The number of rotatable bonds is 4. The quantitative estimate of drug-likeness (QED) is 0.681. The first-order chi connectivity index (χ1) is 8.69. The van der Waals surface area contributed by atoms with Gasteiger partial charge in [0.05, 0.1) is 5.56 Å². The molecule has 0 saturated heterocycles. The van der Waals surface area contributed by atoms with E-state index in [-0.39, 0.29) is 12.2 Å². The lowest BCUT2D eigenvalue weighted by atomic mass is 10.2. The summed E-state index contributed by atoms with van der Waals surface area (Å²) >= 11 is 2.86. The van der Waals surface area contributed by atoms with Gasteiger partial charge in [-0.05, 0) is 17.0 Å². The average molecular weight is 311 g/mol. The van der Waals surface area contributed by atoms with Crippen LogP contribution in [0.15, 0.2) is 24.3 Å². The molecule has 0 fully saturated rings. The highest BCUT2D eigenvalue weighted by Crippen LogP contribution is 2.06. The van der Waals surface area contributed by atoms with Gasteiger partial charge in [0, 0.05) is 15.9 Å². The third-order valence-electron chi connectivity index (χ3n) is 1.89. The first-order valence-corrected chi connectivity index (χ1v) is 5.63. The third-order valence-corrected chi connectivity index (χ3v) is 2.17. The summed E-state index contributed by atoms with van der Waals surface area (Å²) in [6.07, 6.45) is -1.18. The van der Waals surface area contributed by atoms with Gasteiger partial charge in [0.2, 0.25) is 6.23 Å². The van der Waals surface area contributed by atoms with Gasteiger partial charge in [-0.2, -0.15) is 5.26 Å². The molecular formula is C12H8BrFN2O2. The van der Waals surface area contributed by atoms with E-state index >= 15 is 0 Å². The maximum absolute atomic E-state index is 13.3. The first kappa shape index (κ1) is 14.2. The van der Waals surface area contributed by atoms with Crippen molar-refractivity contribution in [1.29, 1.82) is 5.26 Å². The lowest BCUT2D eigenvalue weighted by molar-refractivity contribution is 0.0682. The Kier molecular flexibility index (Phi) is 5.86. The number of benzene rings is 1. The minimum absolute atomic E-state index is 0.0268. The van der Waals surface area contributed by atoms with Crippen LogP contribution < -0.4 is 5.32 Å². The van der Waals surface area contributed by atoms with Crippen LogP contribution in [-0.2, 0) is 4.74 Å². The van der Waals surface area contributed by atoms with Crippen LogP contribution in [0.5, 0.6) is 0 Å². The molecule has 1 atom stereocenters. The van der Waals surface area contributed by atoms with Gasteiger partial charge in [0.15, 0.2) is 0 Å². The van der Waals surface area contributed by atoms with Crippen LogP contribution in [0.25, 0.3) is 0 Å². The number of carbonyl (C=O) groups excluding carboxylic acids is 1. The van der Waals surface area contributed by atoms with Gasteiger partial charge < -0.3 is 10.1 Å². The largest absolute Gasteiger partial charge is 0.332 e. The molecule has 0 aliphatic heterocycles. The first-order valence-electron chi connectivity index (χ1n) is 4.84. The van der Waals surface area contributed by atoms with Crippen molar-refractivity contribution in [2.24, 2.45) is 0 Å². The summed E-state index contributed by atoms with van der Waals surface area (Å²) in [6, 6.07) is 7.19. The molecule has 0 saturated carbocycles. The van der Waals surface area contributed by atoms with Crippen LogP contribution in [0.1, 0.15) is 10.4 Å². The van der Waals surface area contributed by atoms with Gasteiger partial charge in [-0.1, -0.05) is 18.1 Å². The zero-order chi connectivity index (χ0) is 13.4. The molecule has 0 aliphatic carbocycles. The number of nitrogens with one attached hydrogen (secondary N) is 1. The highest BCUT2D eigenvalue weighted by Gasteiger charge is 2.15. The summed E-state index contributed by atoms with van der Waals surface area (Å²) in [5.41, 5.74) is -0.145. The van der Waals surface area contributed by atoms with E-state index in [9.17, 15) is 9.18 Å². The van der Waals surface area contributed by atoms with Crippen LogP contribution in [-0.4, -0.2) is 18.7 Å². The normalized spacial score (nSPS) is 10.7. The van der Waals surface area contributed by atoms with Crippen molar-refractivity contribution in [1.82, 2.24) is 5.32 Å². The number of nitriles is 1. The molecule has 0 aromatic heterocycles. The van der Waals surface area contributed by atoms with E-state index in [1.54, 1.807) is 6.07 Å². The van der Waals surface area contributed by atoms with Crippen molar-refractivity contribution < 1.29 is 13.9 Å². The Bertz CT molecular complexity index is 531. The predicted octanol–water partition coefficient (Wildman–Crippen LogP) is 1.78. The van der Waals surface area contributed by atoms with Gasteiger partial charge in [-0.25, -0.2) is 4.39 Å². The lowest BCUT2D eigenvalue weighted by Crippen LogP contribution is -2.36. The Balaban J connectivity index is 2.65. The third kappa shape index (κ3) is 4.17. The van der Waals surface area contributed by atoms with Crippen molar-refractivity contribution in [3.05, 3.63) is 35.6 Å². The number of nitrogens with zero attached hydrogens (tertiary/aromatic N) is 1. The second-order valence-electron chi connectivity index (χ2n) is 3.04. The van der Waals surface area contributed by atoms with Gasteiger partial charge >= 0.3 is 0 Å². The van der Waals surface area contributed by atoms with E-state index in [1.807, 2.05) is 0 Å². The molecule has 0 heterocycles. The summed E-state index contributed by atoms with van der Waals surface area (Å²) in [5.74, 6) is 1.13. The predicted molar refractivity (Wildman–Crippen MR) is 65.9 cm³/mol. The fourth-order valence-corrected chi connectivity index (χ4v) is 1.22. The lowest BCUT2D eigenvalue weighted by Gasteiger charge is -2.11. The van der Waals surface area contributed by atoms with Gasteiger partial charge in [0.25, 0.3) is 5.91 Å². The van der Waals surface area contributed by atoms with Crippen LogP contribution >= 0.6 is 15.9 Å². The molecule has 0 aliphatic rings. The van der Waals surface area contributed by atoms with Crippen molar-refractivity contribution >= 4 is 21.8 Å². The van der Waals surface area contributed by atoms with E-state index in [2.05, 4.69) is 32.0 Å². The minimum Gasteiger partial charge on any atom is -0.332 e.